The zero-order valence-corrected chi connectivity index (χ0v) is 19.0. The fourth-order valence-corrected chi connectivity index (χ4v) is 5.55. The number of thioether (sulfide) groups is 1. The van der Waals surface area contributed by atoms with Crippen LogP contribution in [0.3, 0.4) is 0 Å². The number of para-hydroxylation sites is 1. The third-order valence-electron chi connectivity index (χ3n) is 5.98. The standard InChI is InChI=1S/C25H29N3O3S/c1-17-7-5-6-10-21(17)28-24(30)22(32-25(28)27-19-8-3-2-4-9-19)15-18-11-13-20(14-12-18)31-16-23(26)29/h2-4,8-9,11-15,17,21,25,27H,5-7,10,16H2,1H3,(H2,26,29)/b22-15-/t17-,21+,25?/m0/s1. The SMILES string of the molecule is C[C@H]1CCCC[C@H]1N1C(=O)/C(=C/c2ccc(OCC(N)=O)cc2)SC1Nc1ccccc1. The molecule has 2 amide bonds. The van der Waals surface area contributed by atoms with Crippen LogP contribution >= 0.6 is 11.8 Å². The first-order chi connectivity index (χ1) is 15.5. The highest BCUT2D eigenvalue weighted by atomic mass is 32.2. The zero-order valence-electron chi connectivity index (χ0n) is 18.2. The molecule has 2 aromatic rings. The van der Waals surface area contributed by atoms with Gasteiger partial charge in [-0.05, 0) is 54.7 Å². The van der Waals surface area contributed by atoms with Crippen LogP contribution in [0.2, 0.25) is 0 Å². The van der Waals surface area contributed by atoms with Gasteiger partial charge in [0.15, 0.2) is 12.1 Å². The normalized spacial score (nSPS) is 24.5. The van der Waals surface area contributed by atoms with E-state index in [9.17, 15) is 9.59 Å². The lowest BCUT2D eigenvalue weighted by molar-refractivity contribution is -0.129. The van der Waals surface area contributed by atoms with Gasteiger partial charge in [-0.1, -0.05) is 61.9 Å². The van der Waals surface area contributed by atoms with Gasteiger partial charge in [0.25, 0.3) is 11.8 Å². The number of hydrogen-bond acceptors (Lipinski definition) is 5. The average Bonchev–Trinajstić information content (AvgIpc) is 3.08. The van der Waals surface area contributed by atoms with Crippen LogP contribution < -0.4 is 15.8 Å². The molecule has 1 heterocycles. The molecule has 0 radical (unpaired) electrons. The summed E-state index contributed by atoms with van der Waals surface area (Å²) in [6.45, 7) is 2.10. The summed E-state index contributed by atoms with van der Waals surface area (Å²) in [6.07, 6.45) is 6.52. The smallest absolute Gasteiger partial charge is 0.262 e. The summed E-state index contributed by atoms with van der Waals surface area (Å²) in [5.74, 6) is 0.612. The number of ether oxygens (including phenoxy) is 1. The Bertz CT molecular complexity index is 978. The number of nitrogens with two attached hydrogens (primary N) is 1. The van der Waals surface area contributed by atoms with Gasteiger partial charge in [0.1, 0.15) is 5.75 Å². The van der Waals surface area contributed by atoms with E-state index < -0.39 is 5.91 Å². The molecule has 1 saturated heterocycles. The lowest BCUT2D eigenvalue weighted by atomic mass is 9.85. The summed E-state index contributed by atoms with van der Waals surface area (Å²) in [5, 5.41) is 3.55. The van der Waals surface area contributed by atoms with Gasteiger partial charge >= 0.3 is 0 Å². The quantitative estimate of drug-likeness (QED) is 0.608. The Balaban J connectivity index is 1.56. The fourth-order valence-electron chi connectivity index (χ4n) is 4.33. The Kier molecular flexibility index (Phi) is 7.05. The average molecular weight is 452 g/mol. The zero-order chi connectivity index (χ0) is 22.5. The van der Waals surface area contributed by atoms with Crippen molar-refractivity contribution in [1.82, 2.24) is 4.90 Å². The molecule has 0 spiro atoms. The van der Waals surface area contributed by atoms with Gasteiger partial charge in [0, 0.05) is 11.7 Å². The Hall–Kier alpha value is -2.93. The van der Waals surface area contributed by atoms with Gasteiger partial charge in [-0.3, -0.25) is 9.59 Å². The van der Waals surface area contributed by atoms with Crippen molar-refractivity contribution >= 4 is 35.3 Å². The Morgan fingerprint density at radius 3 is 2.56 bits per heavy atom. The van der Waals surface area contributed by atoms with E-state index in [1.165, 1.54) is 6.42 Å². The lowest BCUT2D eigenvalue weighted by Crippen LogP contribution is -2.48. The molecule has 1 aliphatic heterocycles. The highest BCUT2D eigenvalue weighted by Gasteiger charge is 2.42. The summed E-state index contributed by atoms with van der Waals surface area (Å²) in [5.41, 5.74) is 6.89. The van der Waals surface area contributed by atoms with Gasteiger partial charge in [-0.25, -0.2) is 0 Å². The van der Waals surface area contributed by atoms with E-state index in [0.29, 0.717) is 11.7 Å². The van der Waals surface area contributed by atoms with Gasteiger partial charge in [-0.15, -0.1) is 0 Å². The molecule has 1 saturated carbocycles. The molecule has 4 rings (SSSR count). The minimum atomic E-state index is -0.516. The summed E-state index contributed by atoms with van der Waals surface area (Å²) >= 11 is 1.56. The second kappa shape index (κ2) is 10.1. The van der Waals surface area contributed by atoms with E-state index >= 15 is 0 Å². The molecule has 1 unspecified atom stereocenters. The van der Waals surface area contributed by atoms with Crippen LogP contribution in [-0.4, -0.2) is 34.9 Å². The Morgan fingerprint density at radius 1 is 1.16 bits per heavy atom. The van der Waals surface area contributed by atoms with Crippen LogP contribution in [0, 0.1) is 5.92 Å². The predicted octanol–water partition coefficient (Wildman–Crippen LogP) is 4.44. The third-order valence-corrected chi connectivity index (χ3v) is 7.10. The van der Waals surface area contributed by atoms with Crippen molar-refractivity contribution in [2.45, 2.75) is 44.1 Å². The third kappa shape index (κ3) is 5.27. The van der Waals surface area contributed by atoms with Crippen molar-refractivity contribution in [2.24, 2.45) is 11.7 Å². The molecular weight excluding hydrogens is 422 g/mol. The highest BCUT2D eigenvalue weighted by molar-refractivity contribution is 8.05. The van der Waals surface area contributed by atoms with Crippen molar-refractivity contribution in [1.29, 1.82) is 0 Å². The monoisotopic (exact) mass is 451 g/mol. The Morgan fingerprint density at radius 2 is 1.88 bits per heavy atom. The van der Waals surface area contributed by atoms with Crippen LogP contribution in [0.25, 0.3) is 6.08 Å². The molecular formula is C25H29N3O3S. The number of anilines is 1. The summed E-state index contributed by atoms with van der Waals surface area (Å²) in [6, 6.07) is 17.6. The van der Waals surface area contributed by atoms with Crippen LogP contribution in [0.5, 0.6) is 5.75 Å². The van der Waals surface area contributed by atoms with Crippen molar-refractivity contribution in [3.05, 3.63) is 65.1 Å². The molecule has 32 heavy (non-hydrogen) atoms. The Labute approximate surface area is 193 Å². The molecule has 168 valence electrons. The van der Waals surface area contributed by atoms with Crippen molar-refractivity contribution < 1.29 is 14.3 Å². The largest absolute Gasteiger partial charge is 0.484 e. The van der Waals surface area contributed by atoms with Gasteiger partial charge < -0.3 is 20.7 Å². The molecule has 1 aliphatic carbocycles. The summed E-state index contributed by atoms with van der Waals surface area (Å²) in [4.78, 5) is 27.2. The number of hydrogen-bond donors (Lipinski definition) is 2. The van der Waals surface area contributed by atoms with Crippen molar-refractivity contribution in [2.75, 3.05) is 11.9 Å². The minimum absolute atomic E-state index is 0.0798. The first-order valence-corrected chi connectivity index (χ1v) is 11.9. The number of nitrogens with zero attached hydrogens (tertiary/aromatic N) is 1. The lowest BCUT2D eigenvalue weighted by Gasteiger charge is -2.39. The number of benzene rings is 2. The van der Waals surface area contributed by atoms with E-state index in [0.717, 1.165) is 35.4 Å². The number of primary amides is 1. The second-order valence-electron chi connectivity index (χ2n) is 8.35. The van der Waals surface area contributed by atoms with E-state index in [-0.39, 0.29) is 24.1 Å². The highest BCUT2D eigenvalue weighted by Crippen LogP contribution is 2.42. The molecule has 7 heteroatoms. The summed E-state index contributed by atoms with van der Waals surface area (Å²) < 4.78 is 5.32. The number of amides is 2. The molecule has 6 nitrogen and oxygen atoms in total. The molecule has 2 aliphatic rings. The predicted molar refractivity (Wildman–Crippen MR) is 129 cm³/mol. The maximum absolute atomic E-state index is 13.5. The van der Waals surface area contributed by atoms with E-state index in [1.54, 1.807) is 23.9 Å². The second-order valence-corrected chi connectivity index (χ2v) is 9.48. The molecule has 0 bridgehead atoms. The maximum Gasteiger partial charge on any atom is 0.262 e. The number of nitrogens with one attached hydrogen (secondary N) is 1. The van der Waals surface area contributed by atoms with Crippen molar-refractivity contribution in [3.8, 4) is 5.75 Å². The maximum atomic E-state index is 13.5. The number of carbonyl (C=O) groups is 2. The first-order valence-electron chi connectivity index (χ1n) is 11.0. The van der Waals surface area contributed by atoms with Gasteiger partial charge in [0.2, 0.25) is 0 Å². The number of rotatable bonds is 7. The van der Waals surface area contributed by atoms with Crippen LogP contribution in [0.15, 0.2) is 59.5 Å². The van der Waals surface area contributed by atoms with E-state index in [1.807, 2.05) is 48.5 Å². The minimum Gasteiger partial charge on any atom is -0.484 e. The van der Waals surface area contributed by atoms with Crippen LogP contribution in [0.1, 0.15) is 38.2 Å². The van der Waals surface area contributed by atoms with Crippen LogP contribution in [-0.2, 0) is 9.59 Å². The van der Waals surface area contributed by atoms with E-state index in [4.69, 9.17) is 10.5 Å². The summed E-state index contributed by atoms with van der Waals surface area (Å²) in [7, 11) is 0. The molecule has 3 N–H and O–H groups in total. The van der Waals surface area contributed by atoms with Crippen molar-refractivity contribution in [3.63, 3.8) is 0 Å². The first kappa shape index (κ1) is 22.3. The topological polar surface area (TPSA) is 84.7 Å². The van der Waals surface area contributed by atoms with Gasteiger partial charge in [-0.2, -0.15) is 0 Å². The molecule has 3 atom stereocenters. The molecule has 2 aromatic carbocycles. The fraction of sp³-hybridized carbons (Fsp3) is 0.360. The van der Waals surface area contributed by atoms with E-state index in [2.05, 4.69) is 17.1 Å². The number of carbonyl (C=O) groups excluding carboxylic acids is 2. The van der Waals surface area contributed by atoms with Gasteiger partial charge in [0.05, 0.1) is 4.91 Å². The molecule has 2 fully saturated rings. The van der Waals surface area contributed by atoms with Crippen LogP contribution in [0.4, 0.5) is 5.69 Å². The molecule has 0 aromatic heterocycles.